The second kappa shape index (κ2) is 7.14. The van der Waals surface area contributed by atoms with E-state index in [9.17, 15) is 14.7 Å². The van der Waals surface area contributed by atoms with Crippen LogP contribution in [0, 0.1) is 6.92 Å². The first-order valence-corrected chi connectivity index (χ1v) is 7.78. The van der Waals surface area contributed by atoms with Crippen LogP contribution in [0.3, 0.4) is 0 Å². The van der Waals surface area contributed by atoms with E-state index in [1.807, 2.05) is 19.2 Å². The fraction of sp³-hybridized carbons (Fsp3) is 0.167. The highest BCUT2D eigenvalue weighted by molar-refractivity contribution is 5.93. The molecule has 0 amide bonds. The zero-order chi connectivity index (χ0) is 18.7. The number of aromatic carboxylic acids is 1. The highest BCUT2D eigenvalue weighted by Crippen LogP contribution is 2.27. The Morgan fingerprint density at radius 3 is 2.69 bits per heavy atom. The molecule has 2 heterocycles. The van der Waals surface area contributed by atoms with Crippen LogP contribution in [-0.4, -0.2) is 33.5 Å². The van der Waals surface area contributed by atoms with Gasteiger partial charge < -0.3 is 9.84 Å². The predicted octanol–water partition coefficient (Wildman–Crippen LogP) is 3.47. The molecule has 0 aliphatic rings. The Bertz CT molecular complexity index is 1020. The Morgan fingerprint density at radius 2 is 1.96 bits per heavy atom. The van der Waals surface area contributed by atoms with Crippen molar-refractivity contribution in [1.29, 1.82) is 0 Å². The van der Waals surface area contributed by atoms with Gasteiger partial charge in [0.1, 0.15) is 11.3 Å². The van der Waals surface area contributed by atoms with Crippen molar-refractivity contribution in [2.75, 3.05) is 7.11 Å². The van der Waals surface area contributed by atoms with Gasteiger partial charge in [0.2, 0.25) is 0 Å². The molecule has 0 radical (unpaired) electrons. The first kappa shape index (κ1) is 17.3. The molecule has 1 N–H and O–H groups in total. The molecule has 0 saturated carbocycles. The van der Waals surface area contributed by atoms with Gasteiger partial charge in [0.25, 0.3) is 0 Å². The van der Waals surface area contributed by atoms with Crippen molar-refractivity contribution >= 4 is 29.1 Å². The largest absolute Gasteiger partial charge is 0.478 e. The van der Waals surface area contributed by atoms with Crippen molar-refractivity contribution < 1.29 is 19.4 Å². The topological polar surface area (TPSA) is 106 Å². The molecule has 8 heteroatoms. The van der Waals surface area contributed by atoms with Gasteiger partial charge in [-0.05, 0) is 30.7 Å². The summed E-state index contributed by atoms with van der Waals surface area (Å²) < 4.78 is 6.41. The number of pyridine rings is 1. The van der Waals surface area contributed by atoms with Gasteiger partial charge >= 0.3 is 11.9 Å². The second-order valence-electron chi connectivity index (χ2n) is 5.59. The first-order valence-electron chi connectivity index (χ1n) is 7.78. The summed E-state index contributed by atoms with van der Waals surface area (Å²) in [5, 5.41) is 17.5. The van der Waals surface area contributed by atoms with E-state index in [1.54, 1.807) is 28.7 Å². The number of carbonyl (C=O) groups is 2. The summed E-state index contributed by atoms with van der Waals surface area (Å²) in [5.74, 6) is -1.19. The van der Waals surface area contributed by atoms with Crippen LogP contribution in [0.15, 0.2) is 52.8 Å². The number of carboxylic acid groups (broad SMARTS) is 1. The van der Waals surface area contributed by atoms with Crippen molar-refractivity contribution in [1.82, 2.24) is 9.38 Å². The van der Waals surface area contributed by atoms with E-state index >= 15 is 0 Å². The minimum atomic E-state index is -1.09. The maximum atomic E-state index is 11.7. The molecule has 3 aromatic rings. The number of carbonyl (C=O) groups excluding carboxylic acids is 1. The molecule has 3 rings (SSSR count). The molecule has 0 aliphatic carbocycles. The molecule has 0 bridgehead atoms. The highest BCUT2D eigenvalue weighted by atomic mass is 16.5. The number of rotatable bonds is 5. The van der Waals surface area contributed by atoms with Gasteiger partial charge in [-0.1, -0.05) is 18.2 Å². The fourth-order valence-corrected chi connectivity index (χ4v) is 2.46. The Kier molecular flexibility index (Phi) is 4.74. The minimum Gasteiger partial charge on any atom is -0.478 e. The third kappa shape index (κ3) is 3.44. The van der Waals surface area contributed by atoms with Crippen LogP contribution in [0.4, 0.5) is 11.5 Å². The van der Waals surface area contributed by atoms with Gasteiger partial charge in [-0.3, -0.25) is 9.20 Å². The molecule has 1 aromatic carbocycles. The highest BCUT2D eigenvalue weighted by Gasteiger charge is 2.16. The Balaban J connectivity index is 2.11. The number of azo groups is 1. The van der Waals surface area contributed by atoms with Crippen LogP contribution in [-0.2, 0) is 16.0 Å². The number of aryl methyl sites for hydroxylation is 1. The summed E-state index contributed by atoms with van der Waals surface area (Å²) in [7, 11) is 1.30. The van der Waals surface area contributed by atoms with Crippen molar-refractivity contribution in [3.8, 4) is 0 Å². The smallest absolute Gasteiger partial charge is 0.337 e. The number of methoxy groups -OCH3 is 1. The lowest BCUT2D eigenvalue weighted by molar-refractivity contribution is -0.139. The van der Waals surface area contributed by atoms with Gasteiger partial charge in [-0.15, -0.1) is 10.2 Å². The number of imidazole rings is 1. The Morgan fingerprint density at radius 1 is 1.19 bits per heavy atom. The lowest BCUT2D eigenvalue weighted by Crippen LogP contribution is -2.04. The number of aromatic nitrogens is 2. The summed E-state index contributed by atoms with van der Waals surface area (Å²) in [6.07, 6.45) is 1.76. The quantitative estimate of drug-likeness (QED) is 0.559. The average Bonchev–Trinajstić information content (AvgIpc) is 2.96. The summed E-state index contributed by atoms with van der Waals surface area (Å²) in [6, 6.07) is 9.99. The van der Waals surface area contributed by atoms with Gasteiger partial charge in [-0.2, -0.15) is 0 Å². The molecule has 0 spiro atoms. The number of hydrogen-bond donors (Lipinski definition) is 1. The molecule has 0 unspecified atom stereocenters. The summed E-state index contributed by atoms with van der Waals surface area (Å²) >= 11 is 0. The molecule has 8 nitrogen and oxygen atoms in total. The van der Waals surface area contributed by atoms with Crippen molar-refractivity contribution in [2.24, 2.45) is 10.2 Å². The van der Waals surface area contributed by atoms with Crippen LogP contribution in [0.2, 0.25) is 0 Å². The normalized spacial score (nSPS) is 11.2. The number of hydrogen-bond acceptors (Lipinski definition) is 6. The number of esters is 1. The fourth-order valence-electron chi connectivity index (χ4n) is 2.46. The van der Waals surface area contributed by atoms with Crippen molar-refractivity contribution in [3.05, 3.63) is 59.4 Å². The Labute approximate surface area is 148 Å². The minimum absolute atomic E-state index is 0.0377. The third-order valence-corrected chi connectivity index (χ3v) is 3.74. The summed E-state index contributed by atoms with van der Waals surface area (Å²) in [4.78, 5) is 27.4. The average molecular weight is 352 g/mol. The molecule has 0 aliphatic heterocycles. The van der Waals surface area contributed by atoms with Crippen molar-refractivity contribution in [3.63, 3.8) is 0 Å². The molecule has 0 saturated heterocycles. The number of fused-ring (bicyclic) bond motifs is 1. The van der Waals surface area contributed by atoms with E-state index in [4.69, 9.17) is 4.74 Å². The zero-order valence-electron chi connectivity index (χ0n) is 14.2. The zero-order valence-corrected chi connectivity index (χ0v) is 14.2. The molecular weight excluding hydrogens is 336 g/mol. The van der Waals surface area contributed by atoms with Crippen LogP contribution >= 0.6 is 0 Å². The van der Waals surface area contributed by atoms with Gasteiger partial charge in [0, 0.05) is 6.20 Å². The van der Waals surface area contributed by atoms with Crippen molar-refractivity contribution in [2.45, 2.75) is 13.3 Å². The molecule has 0 atom stereocenters. The molecule has 2 aromatic heterocycles. The first-order chi connectivity index (χ1) is 12.5. The third-order valence-electron chi connectivity index (χ3n) is 3.74. The van der Waals surface area contributed by atoms with E-state index in [1.165, 1.54) is 13.2 Å². The number of nitrogens with zero attached hydrogens (tertiary/aromatic N) is 4. The molecular formula is C18H16N4O4. The van der Waals surface area contributed by atoms with E-state index in [-0.39, 0.29) is 17.7 Å². The van der Waals surface area contributed by atoms with E-state index in [2.05, 4.69) is 15.2 Å². The van der Waals surface area contributed by atoms with Crippen LogP contribution in [0.25, 0.3) is 5.65 Å². The van der Waals surface area contributed by atoms with Gasteiger partial charge in [0.15, 0.2) is 5.82 Å². The van der Waals surface area contributed by atoms with Crippen LogP contribution in [0.5, 0.6) is 0 Å². The summed E-state index contributed by atoms with van der Waals surface area (Å²) in [5.41, 5.74) is 2.23. The number of benzene rings is 1. The van der Waals surface area contributed by atoms with E-state index < -0.39 is 11.9 Å². The predicted molar refractivity (Wildman–Crippen MR) is 93.2 cm³/mol. The van der Waals surface area contributed by atoms with Gasteiger partial charge in [0.05, 0.1) is 24.8 Å². The molecule has 26 heavy (non-hydrogen) atoms. The Hall–Kier alpha value is -3.55. The molecule has 0 fully saturated rings. The maximum Gasteiger partial charge on any atom is 0.337 e. The second-order valence-corrected chi connectivity index (χ2v) is 5.59. The van der Waals surface area contributed by atoms with E-state index in [0.717, 1.165) is 5.56 Å². The number of ether oxygens (including phenoxy) is 1. The van der Waals surface area contributed by atoms with Crippen LogP contribution in [0.1, 0.15) is 21.6 Å². The number of carboxylic acids is 1. The lowest BCUT2D eigenvalue weighted by Gasteiger charge is -2.01. The summed E-state index contributed by atoms with van der Waals surface area (Å²) in [6.45, 7) is 1.92. The monoisotopic (exact) mass is 352 g/mol. The lowest BCUT2D eigenvalue weighted by atomic mass is 10.2. The standard InChI is InChI=1S/C18H16N4O4/c1-11-7-8-15-19-14(9-16(23)26-2)17(22(15)10-11)21-20-13-6-4-3-5-12(13)18(24)25/h3-8,10H,9H2,1-2H3,(H,24,25). The van der Waals surface area contributed by atoms with Crippen LogP contribution < -0.4 is 0 Å². The SMILES string of the molecule is COC(=O)Cc1nc2ccc(C)cn2c1N=Nc1ccccc1C(=O)O. The maximum absolute atomic E-state index is 11.7. The van der Waals surface area contributed by atoms with Gasteiger partial charge in [-0.25, -0.2) is 9.78 Å². The van der Waals surface area contributed by atoms with E-state index in [0.29, 0.717) is 17.2 Å². The molecule has 132 valence electrons.